The lowest BCUT2D eigenvalue weighted by molar-refractivity contribution is -0.152. The fraction of sp³-hybridized carbons (Fsp3) is 0.174. The summed E-state index contributed by atoms with van der Waals surface area (Å²) in [7, 11) is 0. The average molecular weight is 375 g/mol. The fourth-order valence-corrected chi connectivity index (χ4v) is 2.87. The quantitative estimate of drug-likeness (QED) is 0.519. The number of esters is 1. The van der Waals surface area contributed by atoms with E-state index in [1.807, 2.05) is 42.5 Å². The van der Waals surface area contributed by atoms with Gasteiger partial charge in [-0.25, -0.2) is 0 Å². The number of benzene rings is 3. The van der Waals surface area contributed by atoms with Crippen LogP contribution in [0.5, 0.6) is 0 Å². The maximum Gasteiger partial charge on any atom is 0.311 e. The van der Waals surface area contributed by atoms with Crippen LogP contribution in [-0.2, 0) is 20.7 Å². The van der Waals surface area contributed by atoms with Crippen LogP contribution in [0.25, 0.3) is 10.8 Å². The molecular formula is C23H21NO4. The van der Waals surface area contributed by atoms with Crippen molar-refractivity contribution in [1.82, 2.24) is 0 Å². The van der Waals surface area contributed by atoms with E-state index in [4.69, 9.17) is 4.74 Å². The Labute approximate surface area is 163 Å². The van der Waals surface area contributed by atoms with Crippen LogP contribution in [0.3, 0.4) is 0 Å². The summed E-state index contributed by atoms with van der Waals surface area (Å²) in [5, 5.41) is 4.80. The average Bonchev–Trinajstić information content (AvgIpc) is 2.68. The predicted molar refractivity (Wildman–Crippen MR) is 108 cm³/mol. The van der Waals surface area contributed by atoms with E-state index < -0.39 is 18.0 Å². The Hall–Kier alpha value is -3.47. The Morgan fingerprint density at radius 1 is 0.929 bits per heavy atom. The molecule has 3 rings (SSSR count). The van der Waals surface area contributed by atoms with Crippen LogP contribution in [-0.4, -0.2) is 23.8 Å². The van der Waals surface area contributed by atoms with Crippen molar-refractivity contribution < 1.29 is 19.1 Å². The minimum Gasteiger partial charge on any atom is -0.452 e. The molecule has 5 heteroatoms. The molecule has 142 valence electrons. The van der Waals surface area contributed by atoms with Crippen LogP contribution in [0, 0.1) is 0 Å². The molecule has 0 heterocycles. The van der Waals surface area contributed by atoms with Crippen LogP contribution >= 0.6 is 0 Å². The molecule has 0 saturated carbocycles. The molecule has 0 aromatic heterocycles. The number of carbonyl (C=O) groups excluding carboxylic acids is 3. The summed E-state index contributed by atoms with van der Waals surface area (Å²) < 4.78 is 5.26. The molecule has 0 aliphatic rings. The molecule has 1 N–H and O–H groups in total. The highest BCUT2D eigenvalue weighted by molar-refractivity contribution is 5.98. The van der Waals surface area contributed by atoms with Crippen LogP contribution in [0.1, 0.15) is 29.8 Å². The molecule has 0 aliphatic carbocycles. The molecular weight excluding hydrogens is 354 g/mol. The number of ether oxygens (including phenoxy) is 1. The number of carbonyl (C=O) groups is 3. The van der Waals surface area contributed by atoms with Gasteiger partial charge >= 0.3 is 5.97 Å². The third-order valence-corrected chi connectivity index (χ3v) is 4.38. The lowest BCUT2D eigenvalue weighted by Crippen LogP contribution is -2.30. The van der Waals surface area contributed by atoms with Gasteiger partial charge in [-0.15, -0.1) is 0 Å². The highest BCUT2D eigenvalue weighted by Crippen LogP contribution is 2.17. The van der Waals surface area contributed by atoms with Gasteiger partial charge in [0.1, 0.15) is 0 Å². The molecule has 0 fully saturated rings. The first kappa shape index (κ1) is 19.3. The highest BCUT2D eigenvalue weighted by atomic mass is 16.5. The minimum atomic E-state index is -0.950. The van der Waals surface area contributed by atoms with Gasteiger partial charge < -0.3 is 10.1 Å². The summed E-state index contributed by atoms with van der Waals surface area (Å²) >= 11 is 0. The van der Waals surface area contributed by atoms with Gasteiger partial charge in [-0.3, -0.25) is 14.4 Å². The van der Waals surface area contributed by atoms with Gasteiger partial charge in [-0.05, 0) is 42.3 Å². The number of ketones is 1. The molecule has 1 amide bonds. The first-order valence-electron chi connectivity index (χ1n) is 9.01. The lowest BCUT2D eigenvalue weighted by Gasteiger charge is -2.14. The zero-order valence-corrected chi connectivity index (χ0v) is 15.8. The molecule has 0 bridgehead atoms. The minimum absolute atomic E-state index is 0.0856. The Bertz CT molecular complexity index is 1040. The smallest absolute Gasteiger partial charge is 0.311 e. The molecule has 0 saturated heterocycles. The summed E-state index contributed by atoms with van der Waals surface area (Å²) in [6, 6.07) is 20.3. The summed E-state index contributed by atoms with van der Waals surface area (Å²) in [6.07, 6.45) is -0.864. The van der Waals surface area contributed by atoms with Crippen LogP contribution in [0.4, 0.5) is 5.69 Å². The second-order valence-electron chi connectivity index (χ2n) is 6.62. The first-order chi connectivity index (χ1) is 13.4. The van der Waals surface area contributed by atoms with Crippen LogP contribution in [0.15, 0.2) is 66.7 Å². The zero-order chi connectivity index (χ0) is 20.1. The van der Waals surface area contributed by atoms with Gasteiger partial charge in [0.2, 0.25) is 0 Å². The molecule has 0 radical (unpaired) electrons. The molecule has 1 atom stereocenters. The summed E-state index contributed by atoms with van der Waals surface area (Å²) in [4.78, 5) is 35.9. The molecule has 0 unspecified atom stereocenters. The van der Waals surface area contributed by atoms with Gasteiger partial charge in [0, 0.05) is 11.3 Å². The Morgan fingerprint density at radius 3 is 2.43 bits per heavy atom. The highest BCUT2D eigenvalue weighted by Gasteiger charge is 2.18. The zero-order valence-electron chi connectivity index (χ0n) is 15.8. The predicted octanol–water partition coefficient (Wildman–Crippen LogP) is 4.16. The van der Waals surface area contributed by atoms with E-state index in [2.05, 4.69) is 5.32 Å². The number of anilines is 1. The number of rotatable bonds is 6. The van der Waals surface area contributed by atoms with Crippen LogP contribution in [0.2, 0.25) is 0 Å². The van der Waals surface area contributed by atoms with E-state index >= 15 is 0 Å². The monoisotopic (exact) mass is 375 g/mol. The molecule has 3 aromatic carbocycles. The largest absolute Gasteiger partial charge is 0.452 e. The Balaban J connectivity index is 1.59. The normalized spacial score (nSPS) is 11.6. The SMILES string of the molecule is CC(=O)c1cccc(NC(=O)[C@H](C)OC(=O)Cc2ccc3ccccc3c2)c1. The number of hydrogen-bond donors (Lipinski definition) is 1. The van der Waals surface area contributed by atoms with Crippen molar-refractivity contribution in [3.63, 3.8) is 0 Å². The van der Waals surface area contributed by atoms with E-state index in [-0.39, 0.29) is 12.2 Å². The standard InChI is InChI=1S/C23H21NO4/c1-15(25)19-8-5-9-21(14-19)24-23(27)16(2)28-22(26)13-17-10-11-18-6-3-4-7-20(18)12-17/h3-12,14,16H,13H2,1-2H3,(H,24,27)/t16-/m0/s1. The summed E-state index contributed by atoms with van der Waals surface area (Å²) in [5.74, 6) is -1.02. The Morgan fingerprint density at radius 2 is 1.68 bits per heavy atom. The first-order valence-corrected chi connectivity index (χ1v) is 9.01. The van der Waals surface area contributed by atoms with Gasteiger partial charge in [-0.1, -0.05) is 54.6 Å². The van der Waals surface area contributed by atoms with Gasteiger partial charge in [-0.2, -0.15) is 0 Å². The number of Topliss-reactive ketones (excluding diaryl/α,β-unsaturated/α-hetero) is 1. The maximum absolute atomic E-state index is 12.3. The van der Waals surface area contributed by atoms with E-state index in [0.29, 0.717) is 11.3 Å². The molecule has 5 nitrogen and oxygen atoms in total. The second kappa shape index (κ2) is 8.48. The van der Waals surface area contributed by atoms with Crippen molar-refractivity contribution in [1.29, 1.82) is 0 Å². The topological polar surface area (TPSA) is 72.5 Å². The van der Waals surface area contributed by atoms with Gasteiger partial charge in [0.15, 0.2) is 11.9 Å². The van der Waals surface area contributed by atoms with E-state index in [1.54, 1.807) is 24.3 Å². The number of nitrogens with one attached hydrogen (secondary N) is 1. The number of hydrogen-bond acceptors (Lipinski definition) is 4. The molecule has 0 spiro atoms. The van der Waals surface area contributed by atoms with Crippen molar-refractivity contribution >= 4 is 34.1 Å². The summed E-state index contributed by atoms with van der Waals surface area (Å²) in [6.45, 7) is 2.97. The molecule has 28 heavy (non-hydrogen) atoms. The maximum atomic E-state index is 12.3. The van der Waals surface area contributed by atoms with Crippen molar-refractivity contribution in [3.8, 4) is 0 Å². The third-order valence-electron chi connectivity index (χ3n) is 4.38. The fourth-order valence-electron chi connectivity index (χ4n) is 2.87. The van der Waals surface area contributed by atoms with Crippen molar-refractivity contribution in [3.05, 3.63) is 77.9 Å². The Kier molecular flexibility index (Phi) is 5.84. The van der Waals surface area contributed by atoms with Gasteiger partial charge in [0.25, 0.3) is 5.91 Å². The van der Waals surface area contributed by atoms with Gasteiger partial charge in [0.05, 0.1) is 6.42 Å². The van der Waals surface area contributed by atoms with Crippen LogP contribution < -0.4 is 5.32 Å². The third kappa shape index (κ3) is 4.82. The lowest BCUT2D eigenvalue weighted by atomic mass is 10.1. The van der Waals surface area contributed by atoms with Crippen molar-refractivity contribution in [2.45, 2.75) is 26.4 Å². The molecule has 0 aliphatic heterocycles. The van der Waals surface area contributed by atoms with Crippen molar-refractivity contribution in [2.75, 3.05) is 5.32 Å². The number of fused-ring (bicyclic) bond motifs is 1. The number of amides is 1. The second-order valence-corrected chi connectivity index (χ2v) is 6.62. The van der Waals surface area contributed by atoms with E-state index in [1.165, 1.54) is 13.8 Å². The van der Waals surface area contributed by atoms with E-state index in [0.717, 1.165) is 16.3 Å². The van der Waals surface area contributed by atoms with E-state index in [9.17, 15) is 14.4 Å². The van der Waals surface area contributed by atoms with Crippen molar-refractivity contribution in [2.24, 2.45) is 0 Å². The molecule has 3 aromatic rings. The summed E-state index contributed by atoms with van der Waals surface area (Å²) in [5.41, 5.74) is 1.80.